The third kappa shape index (κ3) is 6.66. The molecule has 41 heavy (non-hydrogen) atoms. The maximum Gasteiger partial charge on any atom is 0.218 e. The number of benzene rings is 1. The van der Waals surface area contributed by atoms with Gasteiger partial charge in [-0.15, -0.1) is 0 Å². The van der Waals surface area contributed by atoms with Crippen molar-refractivity contribution in [3.8, 4) is 0 Å². The average Bonchev–Trinajstić information content (AvgIpc) is 3.58. The SMILES string of the molecule is CC(c1cccc(Br)c1)n1ccc(C(=O)c2cncnc2N[C@@H]2C[C@H](CO)[C@@H](O[Si](C(C)C)(C(C)C)C(C)C)C2)n1. The van der Waals surface area contributed by atoms with Gasteiger partial charge in [-0.3, -0.25) is 9.48 Å². The predicted octanol–water partition coefficient (Wildman–Crippen LogP) is 7.02. The molecule has 2 aromatic heterocycles. The van der Waals surface area contributed by atoms with Crippen LogP contribution in [0.15, 0.2) is 53.5 Å². The largest absolute Gasteiger partial charge is 0.413 e. The molecule has 1 saturated carbocycles. The Morgan fingerprint density at radius 1 is 1.12 bits per heavy atom. The third-order valence-corrected chi connectivity index (χ3v) is 15.4. The first-order valence-electron chi connectivity index (χ1n) is 14.7. The third-order valence-electron chi connectivity index (χ3n) is 8.79. The Hall–Kier alpha value is -2.40. The van der Waals surface area contributed by atoms with Gasteiger partial charge < -0.3 is 14.8 Å². The summed E-state index contributed by atoms with van der Waals surface area (Å²) in [4.78, 5) is 22.2. The minimum absolute atomic E-state index is 0.0193. The highest BCUT2D eigenvalue weighted by Crippen LogP contribution is 2.46. The standard InChI is InChI=1S/C31H44BrN5O3Si/c1-19(2)41(20(3)4,21(5)6)40-29-15-26(14-24(29)17-38)35-31-27(16-33-18-34-31)30(39)28-11-12-37(36-28)22(7)23-9-8-10-25(32)13-23/h8-13,16,18-22,24,26,29,38H,14-15,17H2,1-7H3,(H,33,34,35)/t22?,24-,26-,29+/m1/s1. The van der Waals surface area contributed by atoms with Crippen LogP contribution in [0, 0.1) is 5.92 Å². The maximum atomic E-state index is 13.6. The number of nitrogens with zero attached hydrogens (tertiary/aromatic N) is 4. The predicted molar refractivity (Wildman–Crippen MR) is 169 cm³/mol. The Bertz CT molecular complexity index is 1310. The number of nitrogens with one attached hydrogen (secondary N) is 1. The number of hydrogen-bond acceptors (Lipinski definition) is 7. The summed E-state index contributed by atoms with van der Waals surface area (Å²) >= 11 is 3.53. The van der Waals surface area contributed by atoms with Crippen molar-refractivity contribution in [3.63, 3.8) is 0 Å². The van der Waals surface area contributed by atoms with Crippen molar-refractivity contribution >= 4 is 35.8 Å². The molecule has 1 aliphatic carbocycles. The van der Waals surface area contributed by atoms with Gasteiger partial charge in [-0.25, -0.2) is 9.97 Å². The van der Waals surface area contributed by atoms with E-state index in [1.165, 1.54) is 6.33 Å². The summed E-state index contributed by atoms with van der Waals surface area (Å²) in [5.41, 5.74) is 3.20. The summed E-state index contributed by atoms with van der Waals surface area (Å²) in [7, 11) is -2.11. The zero-order valence-electron chi connectivity index (χ0n) is 25.2. The molecule has 0 bridgehead atoms. The number of aliphatic hydroxyl groups is 1. The van der Waals surface area contributed by atoms with Crippen molar-refractivity contribution in [1.82, 2.24) is 19.7 Å². The van der Waals surface area contributed by atoms with E-state index in [9.17, 15) is 9.90 Å². The minimum atomic E-state index is -2.11. The number of aromatic nitrogens is 4. The van der Waals surface area contributed by atoms with Crippen LogP contribution < -0.4 is 5.32 Å². The monoisotopic (exact) mass is 641 g/mol. The van der Waals surface area contributed by atoms with E-state index in [4.69, 9.17) is 4.43 Å². The summed E-state index contributed by atoms with van der Waals surface area (Å²) in [6.45, 7) is 15.8. The van der Waals surface area contributed by atoms with Gasteiger partial charge in [-0.2, -0.15) is 5.10 Å². The lowest BCUT2D eigenvalue weighted by Gasteiger charge is -2.45. The number of hydrogen-bond donors (Lipinski definition) is 2. The highest BCUT2D eigenvalue weighted by molar-refractivity contribution is 9.10. The second-order valence-electron chi connectivity index (χ2n) is 12.3. The fraction of sp³-hybridized carbons (Fsp3) is 0.548. The molecule has 10 heteroatoms. The van der Waals surface area contributed by atoms with Gasteiger partial charge in [0.15, 0.2) is 0 Å². The van der Waals surface area contributed by atoms with Crippen LogP contribution in [-0.4, -0.2) is 57.7 Å². The Morgan fingerprint density at radius 2 is 1.83 bits per heavy atom. The lowest BCUT2D eigenvalue weighted by Crippen LogP contribution is -2.51. The summed E-state index contributed by atoms with van der Waals surface area (Å²) in [6, 6.07) is 9.78. The van der Waals surface area contributed by atoms with Crippen molar-refractivity contribution in [1.29, 1.82) is 0 Å². The Kier molecular flexibility index (Phi) is 10.2. The molecule has 1 unspecified atom stereocenters. The molecule has 0 saturated heterocycles. The van der Waals surface area contributed by atoms with Crippen molar-refractivity contribution < 1.29 is 14.3 Å². The molecule has 222 valence electrons. The zero-order valence-corrected chi connectivity index (χ0v) is 27.8. The first kappa shape index (κ1) is 31.5. The molecule has 1 fully saturated rings. The normalized spacial score (nSPS) is 20.2. The van der Waals surface area contributed by atoms with Gasteiger partial charge in [0.1, 0.15) is 17.8 Å². The molecule has 2 heterocycles. The van der Waals surface area contributed by atoms with E-state index in [1.807, 2.05) is 31.3 Å². The van der Waals surface area contributed by atoms with Gasteiger partial charge in [0.25, 0.3) is 0 Å². The zero-order chi connectivity index (χ0) is 29.9. The molecular formula is C31H44BrN5O3Si. The van der Waals surface area contributed by atoms with Gasteiger partial charge >= 0.3 is 0 Å². The summed E-state index contributed by atoms with van der Waals surface area (Å²) in [6.07, 6.45) is 6.30. The van der Waals surface area contributed by atoms with Crippen molar-refractivity contribution in [2.24, 2.45) is 5.92 Å². The lowest BCUT2D eigenvalue weighted by molar-refractivity contribution is 0.0941. The molecule has 0 spiro atoms. The number of rotatable bonds is 12. The van der Waals surface area contributed by atoms with E-state index in [0.29, 0.717) is 33.7 Å². The number of carbonyl (C=O) groups is 1. The molecule has 1 aromatic carbocycles. The van der Waals surface area contributed by atoms with Gasteiger partial charge in [0.2, 0.25) is 14.1 Å². The highest BCUT2D eigenvalue weighted by atomic mass is 79.9. The molecular weight excluding hydrogens is 598 g/mol. The van der Waals surface area contributed by atoms with Crippen LogP contribution in [0.5, 0.6) is 0 Å². The molecule has 0 aliphatic heterocycles. The van der Waals surface area contributed by atoms with Crippen LogP contribution in [0.1, 0.15) is 89.0 Å². The van der Waals surface area contributed by atoms with Crippen molar-refractivity contribution in [2.75, 3.05) is 11.9 Å². The fourth-order valence-corrected chi connectivity index (χ4v) is 12.8. The van der Waals surface area contributed by atoms with Crippen LogP contribution in [-0.2, 0) is 4.43 Å². The number of anilines is 1. The van der Waals surface area contributed by atoms with Crippen LogP contribution in [0.25, 0.3) is 0 Å². The Balaban J connectivity index is 1.52. The van der Waals surface area contributed by atoms with E-state index in [0.717, 1.165) is 22.9 Å². The smallest absolute Gasteiger partial charge is 0.218 e. The molecule has 0 amide bonds. The molecule has 8 nitrogen and oxygen atoms in total. The number of ketones is 1. The van der Waals surface area contributed by atoms with Gasteiger partial charge in [0.05, 0.1) is 17.7 Å². The van der Waals surface area contributed by atoms with Crippen LogP contribution >= 0.6 is 15.9 Å². The minimum Gasteiger partial charge on any atom is -0.413 e. The van der Waals surface area contributed by atoms with Gasteiger partial charge in [0, 0.05) is 35.4 Å². The second kappa shape index (κ2) is 13.3. The maximum absolute atomic E-state index is 13.6. The molecule has 4 atom stereocenters. The fourth-order valence-electron chi connectivity index (χ4n) is 6.75. The summed E-state index contributed by atoms with van der Waals surface area (Å²) < 4.78 is 9.89. The highest BCUT2D eigenvalue weighted by Gasteiger charge is 2.49. The Morgan fingerprint density at radius 3 is 2.46 bits per heavy atom. The van der Waals surface area contributed by atoms with Gasteiger partial charge in [-0.05, 0) is 60.2 Å². The summed E-state index contributed by atoms with van der Waals surface area (Å²) in [5.74, 6) is 0.289. The van der Waals surface area contributed by atoms with Crippen molar-refractivity contribution in [2.45, 2.75) is 96.1 Å². The van der Waals surface area contributed by atoms with E-state index in [1.54, 1.807) is 16.9 Å². The van der Waals surface area contributed by atoms with Gasteiger partial charge in [-0.1, -0.05) is 69.6 Å². The number of aliphatic hydroxyl groups excluding tert-OH is 1. The molecule has 0 radical (unpaired) electrons. The molecule has 4 rings (SSSR count). The summed E-state index contributed by atoms with van der Waals surface area (Å²) in [5, 5.41) is 18.4. The first-order chi connectivity index (χ1) is 19.5. The average molecular weight is 643 g/mol. The molecule has 1 aliphatic rings. The lowest BCUT2D eigenvalue weighted by atomic mass is 10.1. The Labute approximate surface area is 253 Å². The second-order valence-corrected chi connectivity index (χ2v) is 18.6. The number of carbonyl (C=O) groups excluding carboxylic acids is 1. The van der Waals surface area contributed by atoms with Crippen LogP contribution in [0.4, 0.5) is 5.82 Å². The first-order valence-corrected chi connectivity index (χ1v) is 17.6. The topological polar surface area (TPSA) is 102 Å². The van der Waals surface area contributed by atoms with Crippen LogP contribution in [0.3, 0.4) is 0 Å². The van der Waals surface area contributed by atoms with E-state index in [-0.39, 0.29) is 36.5 Å². The molecule has 2 N–H and O–H groups in total. The van der Waals surface area contributed by atoms with E-state index < -0.39 is 8.32 Å². The molecule has 3 aromatic rings. The quantitative estimate of drug-likeness (QED) is 0.162. The van der Waals surface area contributed by atoms with Crippen molar-refractivity contribution in [3.05, 3.63) is 70.3 Å². The number of halogens is 1. The van der Waals surface area contributed by atoms with E-state index in [2.05, 4.69) is 83.9 Å². The van der Waals surface area contributed by atoms with Crippen LogP contribution in [0.2, 0.25) is 16.6 Å². The van der Waals surface area contributed by atoms with E-state index >= 15 is 0 Å².